The summed E-state index contributed by atoms with van der Waals surface area (Å²) in [5.41, 5.74) is 0. The van der Waals surface area contributed by atoms with Crippen molar-refractivity contribution >= 4 is 39.0 Å². The van der Waals surface area contributed by atoms with Gasteiger partial charge in [0.1, 0.15) is 0 Å². The minimum atomic E-state index is -3.53. The van der Waals surface area contributed by atoms with E-state index in [1.165, 1.54) is 27.4 Å². The number of amides is 1. The molecule has 0 spiro atoms. The van der Waals surface area contributed by atoms with Gasteiger partial charge in [0.15, 0.2) is 0 Å². The topological polar surface area (TPSA) is 96.6 Å². The van der Waals surface area contributed by atoms with Gasteiger partial charge in [-0.1, -0.05) is 36.0 Å². The first-order valence-electron chi connectivity index (χ1n) is 8.87. The van der Waals surface area contributed by atoms with Gasteiger partial charge in [0.25, 0.3) is 11.1 Å². The summed E-state index contributed by atoms with van der Waals surface area (Å²) >= 11 is 2.69. The lowest BCUT2D eigenvalue weighted by Crippen LogP contribution is -2.50. The smallest absolute Gasteiger partial charge is 0.277 e. The van der Waals surface area contributed by atoms with Crippen molar-refractivity contribution < 1.29 is 17.6 Å². The van der Waals surface area contributed by atoms with E-state index in [1.54, 1.807) is 35.2 Å². The fourth-order valence-corrected chi connectivity index (χ4v) is 5.66. The van der Waals surface area contributed by atoms with Crippen molar-refractivity contribution in [2.75, 3.05) is 31.9 Å². The van der Waals surface area contributed by atoms with Crippen molar-refractivity contribution in [2.45, 2.75) is 10.1 Å². The second kappa shape index (κ2) is 8.66. The number of thiophene rings is 1. The summed E-state index contributed by atoms with van der Waals surface area (Å²) in [6.45, 7) is 1.26. The first-order chi connectivity index (χ1) is 14.0. The Morgan fingerprint density at radius 3 is 2.52 bits per heavy atom. The van der Waals surface area contributed by atoms with Crippen LogP contribution in [-0.2, 0) is 14.8 Å². The number of hydrogen-bond acceptors (Lipinski definition) is 8. The SMILES string of the molecule is O=C(CSc1nnc(-c2cccs2)o1)N1CCN(S(=O)(=O)c2ccccc2)CC1. The van der Waals surface area contributed by atoms with Crippen LogP contribution in [0, 0.1) is 0 Å². The van der Waals surface area contributed by atoms with Crippen LogP contribution >= 0.6 is 23.1 Å². The summed E-state index contributed by atoms with van der Waals surface area (Å²) in [7, 11) is -3.53. The number of carbonyl (C=O) groups is 1. The normalized spacial score (nSPS) is 15.5. The Labute approximate surface area is 176 Å². The number of benzene rings is 1. The van der Waals surface area contributed by atoms with E-state index in [0.29, 0.717) is 24.2 Å². The number of hydrogen-bond donors (Lipinski definition) is 0. The first-order valence-corrected chi connectivity index (χ1v) is 12.2. The number of nitrogens with zero attached hydrogens (tertiary/aromatic N) is 4. The molecule has 0 aliphatic carbocycles. The number of rotatable bonds is 6. The molecule has 0 unspecified atom stereocenters. The highest BCUT2D eigenvalue weighted by Crippen LogP contribution is 2.26. The summed E-state index contributed by atoms with van der Waals surface area (Å²) in [5, 5.41) is 10.2. The maximum atomic E-state index is 12.7. The fraction of sp³-hybridized carbons (Fsp3) is 0.278. The molecular formula is C18H18N4O4S3. The Bertz CT molecular complexity index is 1060. The van der Waals surface area contributed by atoms with Crippen LogP contribution in [0.3, 0.4) is 0 Å². The standard InChI is InChI=1S/C18H18N4O4S3/c23-16(13-28-18-20-19-17(26-18)15-7-4-12-27-15)21-8-10-22(11-9-21)29(24,25)14-5-2-1-3-6-14/h1-7,12H,8-11,13H2. The van der Waals surface area contributed by atoms with Crippen LogP contribution in [0.5, 0.6) is 0 Å². The van der Waals surface area contributed by atoms with Crippen molar-refractivity contribution in [1.82, 2.24) is 19.4 Å². The highest BCUT2D eigenvalue weighted by molar-refractivity contribution is 7.99. The molecule has 11 heteroatoms. The Morgan fingerprint density at radius 1 is 1.07 bits per heavy atom. The average molecular weight is 451 g/mol. The molecule has 0 N–H and O–H groups in total. The van der Waals surface area contributed by atoms with Crippen molar-refractivity contribution in [3.63, 3.8) is 0 Å². The lowest BCUT2D eigenvalue weighted by Gasteiger charge is -2.33. The van der Waals surface area contributed by atoms with Crippen LogP contribution in [0.15, 0.2) is 62.4 Å². The highest BCUT2D eigenvalue weighted by atomic mass is 32.2. The molecule has 1 aliphatic heterocycles. The lowest BCUT2D eigenvalue weighted by molar-refractivity contribution is -0.129. The van der Waals surface area contributed by atoms with Gasteiger partial charge < -0.3 is 9.32 Å². The van der Waals surface area contributed by atoms with E-state index in [-0.39, 0.29) is 29.6 Å². The molecule has 3 aromatic rings. The van der Waals surface area contributed by atoms with Gasteiger partial charge in [-0.25, -0.2) is 8.42 Å². The molecule has 0 bridgehead atoms. The van der Waals surface area contributed by atoms with Crippen molar-refractivity contribution in [1.29, 1.82) is 0 Å². The van der Waals surface area contributed by atoms with Gasteiger partial charge in [-0.15, -0.1) is 21.5 Å². The minimum Gasteiger partial charge on any atom is -0.410 e. The third-order valence-corrected chi connectivity index (χ3v) is 8.00. The van der Waals surface area contributed by atoms with E-state index in [4.69, 9.17) is 4.42 Å². The van der Waals surface area contributed by atoms with Crippen molar-refractivity contribution in [2.24, 2.45) is 0 Å². The zero-order valence-electron chi connectivity index (χ0n) is 15.3. The molecular weight excluding hydrogens is 432 g/mol. The second-order valence-electron chi connectivity index (χ2n) is 6.24. The Morgan fingerprint density at radius 2 is 1.83 bits per heavy atom. The van der Waals surface area contributed by atoms with E-state index in [2.05, 4.69) is 10.2 Å². The fourth-order valence-electron chi connectivity index (χ4n) is 2.90. The third kappa shape index (κ3) is 4.53. The lowest BCUT2D eigenvalue weighted by atomic mass is 10.3. The first kappa shape index (κ1) is 20.1. The predicted molar refractivity (Wildman–Crippen MR) is 110 cm³/mol. The zero-order chi connectivity index (χ0) is 20.3. The number of piperazine rings is 1. The van der Waals surface area contributed by atoms with Crippen LogP contribution in [-0.4, -0.2) is 65.7 Å². The van der Waals surface area contributed by atoms with Crippen molar-refractivity contribution in [3.05, 3.63) is 47.8 Å². The van der Waals surface area contributed by atoms with Gasteiger partial charge >= 0.3 is 0 Å². The minimum absolute atomic E-state index is 0.0809. The molecule has 0 saturated carbocycles. The number of sulfonamides is 1. The Balaban J connectivity index is 1.29. The maximum Gasteiger partial charge on any atom is 0.277 e. The number of aromatic nitrogens is 2. The highest BCUT2D eigenvalue weighted by Gasteiger charge is 2.30. The molecule has 8 nitrogen and oxygen atoms in total. The average Bonchev–Trinajstić information content (AvgIpc) is 3.44. The van der Waals surface area contributed by atoms with Crippen LogP contribution < -0.4 is 0 Å². The van der Waals surface area contributed by atoms with E-state index >= 15 is 0 Å². The van der Waals surface area contributed by atoms with Gasteiger partial charge in [-0.3, -0.25) is 4.79 Å². The third-order valence-electron chi connectivity index (χ3n) is 4.43. The monoisotopic (exact) mass is 450 g/mol. The molecule has 2 aromatic heterocycles. The van der Waals surface area contributed by atoms with Crippen LogP contribution in [0.4, 0.5) is 0 Å². The summed E-state index contributed by atoms with van der Waals surface area (Å²) in [4.78, 5) is 15.3. The molecule has 1 saturated heterocycles. The molecule has 152 valence electrons. The molecule has 1 aromatic carbocycles. The van der Waals surface area contributed by atoms with Gasteiger partial charge in [0.2, 0.25) is 15.9 Å². The van der Waals surface area contributed by atoms with E-state index in [9.17, 15) is 13.2 Å². The molecule has 4 rings (SSSR count). The number of thioether (sulfide) groups is 1. The summed E-state index contributed by atoms with van der Waals surface area (Å²) < 4.78 is 32.3. The second-order valence-corrected chi connectivity index (χ2v) is 10.0. The quantitative estimate of drug-likeness (QED) is 0.532. The zero-order valence-corrected chi connectivity index (χ0v) is 17.8. The summed E-state index contributed by atoms with van der Waals surface area (Å²) in [6, 6.07) is 12.1. The molecule has 29 heavy (non-hydrogen) atoms. The Hall–Kier alpha value is -2.21. The van der Waals surface area contributed by atoms with E-state index in [1.807, 2.05) is 17.5 Å². The van der Waals surface area contributed by atoms with Gasteiger partial charge in [-0.05, 0) is 23.6 Å². The molecule has 1 fully saturated rings. The van der Waals surface area contributed by atoms with E-state index < -0.39 is 10.0 Å². The number of carbonyl (C=O) groups excluding carboxylic acids is 1. The van der Waals surface area contributed by atoms with Gasteiger partial charge in [0, 0.05) is 26.2 Å². The van der Waals surface area contributed by atoms with E-state index in [0.717, 1.165) is 4.88 Å². The molecule has 3 heterocycles. The Kier molecular flexibility index (Phi) is 5.99. The summed E-state index contributed by atoms with van der Waals surface area (Å²) in [6.07, 6.45) is 0. The predicted octanol–water partition coefficient (Wildman–Crippen LogP) is 2.42. The van der Waals surface area contributed by atoms with Crippen LogP contribution in [0.1, 0.15) is 0 Å². The maximum absolute atomic E-state index is 12.7. The van der Waals surface area contributed by atoms with Crippen LogP contribution in [0.2, 0.25) is 0 Å². The molecule has 1 amide bonds. The van der Waals surface area contributed by atoms with Crippen LogP contribution in [0.25, 0.3) is 10.8 Å². The van der Waals surface area contributed by atoms with Gasteiger partial charge in [-0.2, -0.15) is 4.31 Å². The van der Waals surface area contributed by atoms with Gasteiger partial charge in [0.05, 0.1) is 15.5 Å². The summed E-state index contributed by atoms with van der Waals surface area (Å²) in [5.74, 6) is 0.523. The molecule has 0 radical (unpaired) electrons. The van der Waals surface area contributed by atoms with Crippen molar-refractivity contribution in [3.8, 4) is 10.8 Å². The molecule has 1 aliphatic rings. The largest absolute Gasteiger partial charge is 0.410 e. The molecule has 0 atom stereocenters.